The van der Waals surface area contributed by atoms with Gasteiger partial charge in [-0.05, 0) is 38.3 Å². The third-order valence-corrected chi connectivity index (χ3v) is 6.57. The lowest BCUT2D eigenvalue weighted by atomic mass is 10.0. The van der Waals surface area contributed by atoms with Crippen molar-refractivity contribution in [2.45, 2.75) is 37.7 Å². The van der Waals surface area contributed by atoms with Crippen LogP contribution >= 0.6 is 0 Å². The number of aliphatic carboxylic acids is 1. The molecule has 8 nitrogen and oxygen atoms in total. The average molecular weight is 368 g/mol. The topological polar surface area (TPSA) is 113 Å². The molecule has 0 aliphatic carbocycles. The summed E-state index contributed by atoms with van der Waals surface area (Å²) < 4.78 is 32.7. The van der Waals surface area contributed by atoms with Crippen LogP contribution in [0.25, 0.3) is 0 Å². The SMILES string of the molecule is Cc1cc2c(cc1S(=O)(=O)N1CCC[C@@H](C(=O)O)C1)O[C@H](C)C(=O)N2. The first-order valence-electron chi connectivity index (χ1n) is 8.05. The third-order valence-electron chi connectivity index (χ3n) is 4.56. The maximum absolute atomic E-state index is 13.0. The van der Waals surface area contributed by atoms with Crippen LogP contribution in [0.1, 0.15) is 25.3 Å². The first-order valence-corrected chi connectivity index (χ1v) is 9.49. The second-order valence-corrected chi connectivity index (χ2v) is 8.31. The number of hydrogen-bond donors (Lipinski definition) is 2. The minimum Gasteiger partial charge on any atom is -0.481 e. The largest absolute Gasteiger partial charge is 0.481 e. The number of carbonyl (C=O) groups is 2. The molecule has 0 spiro atoms. The molecule has 1 amide bonds. The predicted octanol–water partition coefficient (Wildman–Crippen LogP) is 1.20. The fraction of sp³-hybridized carbons (Fsp3) is 0.500. The zero-order valence-corrected chi connectivity index (χ0v) is 14.8. The number of nitrogens with zero attached hydrogens (tertiary/aromatic N) is 1. The molecular formula is C16H20N2O6S. The summed E-state index contributed by atoms with van der Waals surface area (Å²) in [7, 11) is -3.85. The third kappa shape index (κ3) is 3.21. The number of anilines is 1. The second-order valence-electron chi connectivity index (χ2n) is 6.40. The van der Waals surface area contributed by atoms with Crippen LogP contribution < -0.4 is 10.1 Å². The number of benzene rings is 1. The van der Waals surface area contributed by atoms with Crippen molar-refractivity contribution in [3.05, 3.63) is 17.7 Å². The van der Waals surface area contributed by atoms with Gasteiger partial charge < -0.3 is 15.2 Å². The van der Waals surface area contributed by atoms with Gasteiger partial charge in [0.2, 0.25) is 10.0 Å². The van der Waals surface area contributed by atoms with Gasteiger partial charge in [-0.25, -0.2) is 8.42 Å². The molecule has 1 fully saturated rings. The lowest BCUT2D eigenvalue weighted by Gasteiger charge is -2.31. The van der Waals surface area contributed by atoms with Crippen molar-refractivity contribution < 1.29 is 27.9 Å². The van der Waals surface area contributed by atoms with Gasteiger partial charge in [-0.1, -0.05) is 0 Å². The molecule has 2 N–H and O–H groups in total. The van der Waals surface area contributed by atoms with Crippen molar-refractivity contribution in [3.8, 4) is 5.75 Å². The van der Waals surface area contributed by atoms with Crippen molar-refractivity contribution in [3.63, 3.8) is 0 Å². The smallest absolute Gasteiger partial charge is 0.307 e. The number of hydrogen-bond acceptors (Lipinski definition) is 5. The maximum atomic E-state index is 13.0. The molecule has 0 saturated carbocycles. The molecule has 3 rings (SSSR count). The van der Waals surface area contributed by atoms with Gasteiger partial charge in [-0.15, -0.1) is 0 Å². The first kappa shape index (κ1) is 17.7. The number of carboxylic acid groups (broad SMARTS) is 1. The Labute approximate surface area is 145 Å². The lowest BCUT2D eigenvalue weighted by Crippen LogP contribution is -2.42. The summed E-state index contributed by atoms with van der Waals surface area (Å²) in [5.74, 6) is -1.68. The van der Waals surface area contributed by atoms with E-state index in [1.54, 1.807) is 19.9 Å². The van der Waals surface area contributed by atoms with E-state index in [1.807, 2.05) is 0 Å². The number of carbonyl (C=O) groups excluding carboxylic acids is 1. The summed E-state index contributed by atoms with van der Waals surface area (Å²) in [4.78, 5) is 23.0. The quantitative estimate of drug-likeness (QED) is 0.829. The molecule has 0 bridgehead atoms. The van der Waals surface area contributed by atoms with Crippen LogP contribution in [0.15, 0.2) is 17.0 Å². The minimum absolute atomic E-state index is 0.0395. The Balaban J connectivity index is 1.96. The summed E-state index contributed by atoms with van der Waals surface area (Å²) >= 11 is 0. The number of ether oxygens (including phenoxy) is 1. The fourth-order valence-corrected chi connectivity index (χ4v) is 4.87. The molecule has 25 heavy (non-hydrogen) atoms. The van der Waals surface area contributed by atoms with Crippen molar-refractivity contribution >= 4 is 27.6 Å². The summed E-state index contributed by atoms with van der Waals surface area (Å²) in [6, 6.07) is 2.96. The van der Waals surface area contributed by atoms with E-state index in [1.165, 1.54) is 10.4 Å². The van der Waals surface area contributed by atoms with E-state index in [2.05, 4.69) is 5.32 Å². The minimum atomic E-state index is -3.85. The molecule has 1 aromatic rings. The number of nitrogens with one attached hydrogen (secondary N) is 1. The van der Waals surface area contributed by atoms with E-state index in [4.69, 9.17) is 4.74 Å². The number of sulfonamides is 1. The van der Waals surface area contributed by atoms with E-state index < -0.39 is 28.0 Å². The van der Waals surface area contributed by atoms with Gasteiger partial charge in [0.05, 0.1) is 16.5 Å². The molecule has 2 atom stereocenters. The monoisotopic (exact) mass is 368 g/mol. The van der Waals surface area contributed by atoms with E-state index >= 15 is 0 Å². The van der Waals surface area contributed by atoms with Crippen LogP contribution in [0.4, 0.5) is 5.69 Å². The van der Waals surface area contributed by atoms with E-state index in [0.717, 1.165) is 0 Å². The molecule has 2 aliphatic rings. The van der Waals surface area contributed by atoms with Crippen LogP contribution in [0, 0.1) is 12.8 Å². The van der Waals surface area contributed by atoms with Gasteiger partial charge in [0.15, 0.2) is 6.10 Å². The summed E-state index contributed by atoms with van der Waals surface area (Å²) in [6.45, 7) is 3.46. The van der Waals surface area contributed by atoms with Crippen LogP contribution in [0.3, 0.4) is 0 Å². The number of amides is 1. The zero-order valence-electron chi connectivity index (χ0n) is 14.0. The maximum Gasteiger partial charge on any atom is 0.307 e. The van der Waals surface area contributed by atoms with Crippen molar-refractivity contribution in [1.82, 2.24) is 4.31 Å². The summed E-state index contributed by atoms with van der Waals surface area (Å²) in [5.41, 5.74) is 0.899. The van der Waals surface area contributed by atoms with E-state index in [-0.39, 0.29) is 23.9 Å². The predicted molar refractivity (Wildman–Crippen MR) is 89.0 cm³/mol. The molecule has 1 aromatic carbocycles. The molecular weight excluding hydrogens is 348 g/mol. The Hall–Kier alpha value is -2.13. The van der Waals surface area contributed by atoms with Gasteiger partial charge in [0.1, 0.15) is 5.75 Å². The highest BCUT2D eigenvalue weighted by atomic mass is 32.2. The fourth-order valence-electron chi connectivity index (χ4n) is 3.12. The van der Waals surface area contributed by atoms with Crippen molar-refractivity contribution in [1.29, 1.82) is 0 Å². The zero-order chi connectivity index (χ0) is 18.4. The van der Waals surface area contributed by atoms with Crippen LogP contribution in [0.5, 0.6) is 5.75 Å². The highest BCUT2D eigenvalue weighted by Crippen LogP contribution is 2.36. The summed E-state index contributed by atoms with van der Waals surface area (Å²) in [5, 5.41) is 11.9. The molecule has 2 aliphatic heterocycles. The molecule has 0 unspecified atom stereocenters. The second kappa shape index (κ2) is 6.30. The Morgan fingerprint density at radius 2 is 2.12 bits per heavy atom. The van der Waals surface area contributed by atoms with Crippen LogP contribution in [-0.4, -0.2) is 48.9 Å². The Morgan fingerprint density at radius 1 is 1.40 bits per heavy atom. The first-order chi connectivity index (χ1) is 11.7. The van der Waals surface area contributed by atoms with E-state index in [0.29, 0.717) is 29.8 Å². The standard InChI is InChI=1S/C16H20N2O6S/c1-9-6-12-13(24-10(2)15(19)17-12)7-14(9)25(22,23)18-5-3-4-11(8-18)16(20)21/h6-7,10-11H,3-5,8H2,1-2H3,(H,17,19)(H,20,21)/t10-,11-/m1/s1. The average Bonchev–Trinajstić information content (AvgIpc) is 2.56. The van der Waals surface area contributed by atoms with Crippen molar-refractivity contribution in [2.24, 2.45) is 5.92 Å². The molecule has 0 radical (unpaired) electrons. The number of aryl methyl sites for hydroxylation is 1. The Bertz CT molecular complexity index is 835. The number of carboxylic acids is 1. The molecule has 1 saturated heterocycles. The normalized spacial score (nSPS) is 24.2. The lowest BCUT2D eigenvalue weighted by molar-refractivity contribution is -0.142. The van der Waals surface area contributed by atoms with Crippen LogP contribution in [-0.2, 0) is 19.6 Å². The highest BCUT2D eigenvalue weighted by molar-refractivity contribution is 7.89. The number of piperidine rings is 1. The molecule has 136 valence electrons. The summed E-state index contributed by atoms with van der Waals surface area (Å²) in [6.07, 6.45) is 0.262. The Morgan fingerprint density at radius 3 is 2.80 bits per heavy atom. The Kier molecular flexibility index (Phi) is 4.46. The van der Waals surface area contributed by atoms with Crippen molar-refractivity contribution in [2.75, 3.05) is 18.4 Å². The van der Waals surface area contributed by atoms with Gasteiger partial charge >= 0.3 is 5.97 Å². The van der Waals surface area contributed by atoms with E-state index in [9.17, 15) is 23.1 Å². The van der Waals surface area contributed by atoms with Gasteiger partial charge in [0.25, 0.3) is 5.91 Å². The van der Waals surface area contributed by atoms with Gasteiger partial charge in [-0.2, -0.15) is 4.31 Å². The van der Waals surface area contributed by atoms with Gasteiger partial charge in [0, 0.05) is 19.2 Å². The molecule has 9 heteroatoms. The molecule has 0 aromatic heterocycles. The molecule has 2 heterocycles. The number of fused-ring (bicyclic) bond motifs is 1. The van der Waals surface area contributed by atoms with Crippen LogP contribution in [0.2, 0.25) is 0 Å². The highest BCUT2D eigenvalue weighted by Gasteiger charge is 2.35. The van der Waals surface area contributed by atoms with Gasteiger partial charge in [-0.3, -0.25) is 9.59 Å². The number of rotatable bonds is 3.